The van der Waals surface area contributed by atoms with Gasteiger partial charge in [-0.05, 0) is 38.0 Å². The molecule has 0 spiro atoms. The van der Waals surface area contributed by atoms with Crippen LogP contribution >= 0.6 is 15.9 Å². The van der Waals surface area contributed by atoms with E-state index in [0.717, 1.165) is 29.5 Å². The number of anilines is 1. The second kappa shape index (κ2) is 5.52. The predicted octanol–water partition coefficient (Wildman–Crippen LogP) is 3.30. The first kappa shape index (κ1) is 12.4. The number of nitrogens with zero attached hydrogens (tertiary/aromatic N) is 1. The zero-order valence-electron chi connectivity index (χ0n) is 9.74. The van der Waals surface area contributed by atoms with Crippen molar-refractivity contribution >= 4 is 21.6 Å². The van der Waals surface area contributed by atoms with Crippen molar-refractivity contribution in [3.63, 3.8) is 0 Å². The standard InChI is InChI=1S/C13H15BrN2O/c1-9-2-4-12(17-9)8-16-13-5-3-11(14)6-10(13)7-15/h3,5-6,9,12,16H,2,4,8H2,1H3. The zero-order chi connectivity index (χ0) is 12.3. The molecule has 0 bridgehead atoms. The van der Waals surface area contributed by atoms with Gasteiger partial charge in [-0.15, -0.1) is 0 Å². The maximum absolute atomic E-state index is 9.03. The summed E-state index contributed by atoms with van der Waals surface area (Å²) < 4.78 is 6.65. The molecule has 1 heterocycles. The smallest absolute Gasteiger partial charge is 0.101 e. The first-order valence-corrected chi connectivity index (χ1v) is 6.57. The van der Waals surface area contributed by atoms with E-state index in [1.54, 1.807) is 0 Å². The summed E-state index contributed by atoms with van der Waals surface area (Å²) >= 11 is 3.36. The molecular weight excluding hydrogens is 280 g/mol. The van der Waals surface area contributed by atoms with Crippen LogP contribution in [0.15, 0.2) is 22.7 Å². The number of halogens is 1. The minimum absolute atomic E-state index is 0.264. The van der Waals surface area contributed by atoms with Crippen LogP contribution in [0.5, 0.6) is 0 Å². The highest BCUT2D eigenvalue weighted by atomic mass is 79.9. The molecule has 1 aromatic rings. The van der Waals surface area contributed by atoms with E-state index in [1.165, 1.54) is 0 Å². The van der Waals surface area contributed by atoms with Crippen LogP contribution in [0.3, 0.4) is 0 Å². The molecule has 1 N–H and O–H groups in total. The van der Waals surface area contributed by atoms with Gasteiger partial charge in [-0.1, -0.05) is 15.9 Å². The Morgan fingerprint density at radius 1 is 1.53 bits per heavy atom. The molecule has 0 radical (unpaired) electrons. The molecule has 1 saturated heterocycles. The molecule has 0 aromatic heterocycles. The molecule has 1 fully saturated rings. The van der Waals surface area contributed by atoms with Crippen LogP contribution in [0.2, 0.25) is 0 Å². The number of nitriles is 1. The maximum atomic E-state index is 9.03. The maximum Gasteiger partial charge on any atom is 0.101 e. The Bertz CT molecular complexity index is 442. The monoisotopic (exact) mass is 294 g/mol. The number of ether oxygens (including phenoxy) is 1. The van der Waals surface area contributed by atoms with Gasteiger partial charge in [0.1, 0.15) is 6.07 Å². The SMILES string of the molecule is CC1CCC(CNc2ccc(Br)cc2C#N)O1. The Hall–Kier alpha value is -1.05. The van der Waals surface area contributed by atoms with Gasteiger partial charge in [0.05, 0.1) is 23.5 Å². The summed E-state index contributed by atoms with van der Waals surface area (Å²) in [4.78, 5) is 0. The van der Waals surface area contributed by atoms with Crippen molar-refractivity contribution in [2.45, 2.75) is 32.0 Å². The highest BCUT2D eigenvalue weighted by Gasteiger charge is 2.21. The van der Waals surface area contributed by atoms with Gasteiger partial charge < -0.3 is 10.1 Å². The van der Waals surface area contributed by atoms with Crippen molar-refractivity contribution in [2.75, 3.05) is 11.9 Å². The minimum Gasteiger partial charge on any atom is -0.381 e. The molecular formula is C13H15BrN2O. The molecule has 90 valence electrons. The predicted molar refractivity (Wildman–Crippen MR) is 70.9 cm³/mol. The summed E-state index contributed by atoms with van der Waals surface area (Å²) in [7, 11) is 0. The lowest BCUT2D eigenvalue weighted by Gasteiger charge is -2.14. The minimum atomic E-state index is 0.264. The van der Waals surface area contributed by atoms with Crippen molar-refractivity contribution < 1.29 is 4.74 Å². The van der Waals surface area contributed by atoms with Crippen molar-refractivity contribution in [1.29, 1.82) is 5.26 Å². The molecule has 2 atom stereocenters. The van der Waals surface area contributed by atoms with Crippen LogP contribution in [-0.4, -0.2) is 18.8 Å². The number of rotatable bonds is 3. The zero-order valence-corrected chi connectivity index (χ0v) is 11.3. The van der Waals surface area contributed by atoms with E-state index in [9.17, 15) is 0 Å². The molecule has 1 aliphatic heterocycles. The fourth-order valence-corrected chi connectivity index (χ4v) is 2.38. The lowest BCUT2D eigenvalue weighted by Crippen LogP contribution is -2.20. The quantitative estimate of drug-likeness (QED) is 0.930. The molecule has 4 heteroatoms. The molecule has 2 rings (SSSR count). The van der Waals surface area contributed by atoms with Gasteiger partial charge in [0.2, 0.25) is 0 Å². The van der Waals surface area contributed by atoms with Crippen molar-refractivity contribution in [2.24, 2.45) is 0 Å². The topological polar surface area (TPSA) is 45.0 Å². The lowest BCUT2D eigenvalue weighted by molar-refractivity contribution is 0.0637. The largest absolute Gasteiger partial charge is 0.381 e. The van der Waals surface area contributed by atoms with Crippen LogP contribution in [0.4, 0.5) is 5.69 Å². The molecule has 1 aromatic carbocycles. The molecule has 1 aliphatic rings. The Balaban J connectivity index is 1.97. The first-order chi connectivity index (χ1) is 8.19. The summed E-state index contributed by atoms with van der Waals surface area (Å²) in [6.07, 6.45) is 2.84. The second-order valence-corrected chi connectivity index (χ2v) is 5.24. The fraction of sp³-hybridized carbons (Fsp3) is 0.462. The van der Waals surface area contributed by atoms with Crippen LogP contribution in [0, 0.1) is 11.3 Å². The van der Waals surface area contributed by atoms with E-state index >= 15 is 0 Å². The van der Waals surface area contributed by atoms with Gasteiger partial charge in [-0.25, -0.2) is 0 Å². The van der Waals surface area contributed by atoms with E-state index in [0.29, 0.717) is 11.7 Å². The Morgan fingerprint density at radius 2 is 2.35 bits per heavy atom. The average molecular weight is 295 g/mol. The third kappa shape index (κ3) is 3.21. The Kier molecular flexibility index (Phi) is 4.03. The van der Waals surface area contributed by atoms with Crippen LogP contribution in [-0.2, 0) is 4.74 Å². The van der Waals surface area contributed by atoms with Gasteiger partial charge >= 0.3 is 0 Å². The van der Waals surface area contributed by atoms with Gasteiger partial charge in [0.25, 0.3) is 0 Å². The Morgan fingerprint density at radius 3 is 3.00 bits per heavy atom. The highest BCUT2D eigenvalue weighted by molar-refractivity contribution is 9.10. The Labute approximate surface area is 110 Å². The first-order valence-electron chi connectivity index (χ1n) is 5.78. The van der Waals surface area contributed by atoms with E-state index < -0.39 is 0 Å². The van der Waals surface area contributed by atoms with Gasteiger partial charge in [-0.2, -0.15) is 5.26 Å². The molecule has 0 saturated carbocycles. The van der Waals surface area contributed by atoms with Crippen LogP contribution in [0.25, 0.3) is 0 Å². The van der Waals surface area contributed by atoms with E-state index in [1.807, 2.05) is 18.2 Å². The summed E-state index contributed by atoms with van der Waals surface area (Å²) in [5, 5.41) is 12.3. The third-order valence-electron chi connectivity index (χ3n) is 2.94. The van der Waals surface area contributed by atoms with Crippen LogP contribution < -0.4 is 5.32 Å². The van der Waals surface area contributed by atoms with E-state index in [2.05, 4.69) is 34.2 Å². The molecule has 0 amide bonds. The average Bonchev–Trinajstić information content (AvgIpc) is 2.73. The normalized spacial score (nSPS) is 23.4. The second-order valence-electron chi connectivity index (χ2n) is 4.33. The van der Waals surface area contributed by atoms with Crippen LogP contribution in [0.1, 0.15) is 25.3 Å². The number of nitrogens with one attached hydrogen (secondary N) is 1. The molecule has 17 heavy (non-hydrogen) atoms. The summed E-state index contributed by atoms with van der Waals surface area (Å²) in [5.74, 6) is 0. The molecule has 0 aliphatic carbocycles. The van der Waals surface area contributed by atoms with Gasteiger partial charge in [0, 0.05) is 11.0 Å². The molecule has 3 nitrogen and oxygen atoms in total. The number of hydrogen-bond donors (Lipinski definition) is 1. The van der Waals surface area contributed by atoms with Crippen molar-refractivity contribution in [3.05, 3.63) is 28.2 Å². The molecule has 2 unspecified atom stereocenters. The number of benzene rings is 1. The fourth-order valence-electron chi connectivity index (χ4n) is 2.02. The summed E-state index contributed by atoms with van der Waals surface area (Å²) in [6.45, 7) is 2.86. The van der Waals surface area contributed by atoms with Gasteiger partial charge in [-0.3, -0.25) is 0 Å². The van der Waals surface area contributed by atoms with E-state index in [4.69, 9.17) is 10.00 Å². The number of hydrogen-bond acceptors (Lipinski definition) is 3. The van der Waals surface area contributed by atoms with Crippen molar-refractivity contribution in [3.8, 4) is 6.07 Å². The summed E-state index contributed by atoms with van der Waals surface area (Å²) in [6, 6.07) is 7.86. The van der Waals surface area contributed by atoms with E-state index in [-0.39, 0.29) is 6.10 Å². The third-order valence-corrected chi connectivity index (χ3v) is 3.44. The highest BCUT2D eigenvalue weighted by Crippen LogP contribution is 2.23. The van der Waals surface area contributed by atoms with Crippen molar-refractivity contribution in [1.82, 2.24) is 0 Å². The van der Waals surface area contributed by atoms with Gasteiger partial charge in [0.15, 0.2) is 0 Å². The lowest BCUT2D eigenvalue weighted by atomic mass is 10.1. The summed E-state index contributed by atoms with van der Waals surface area (Å²) in [5.41, 5.74) is 1.53.